The molecule has 0 aromatic carbocycles. The standard InChI is InChI=1S/C23H31F2N5O6/c1-4-6-23(24,25)12-17(28-22(33)30-7-9-34-10-8-30)20(32)27-15(5-2)19(31)21-26-13-18(35-21)16-11-14(3)36-29-16/h11,13,15,17H,4-10,12H2,1-3H3,(H,27,32)(H,28,33)/t15-,17?/m0/s1. The molecule has 1 fully saturated rings. The van der Waals surface area contributed by atoms with Crippen molar-refractivity contribution in [3.63, 3.8) is 0 Å². The van der Waals surface area contributed by atoms with Gasteiger partial charge in [-0.05, 0) is 13.3 Å². The van der Waals surface area contributed by atoms with Crippen molar-refractivity contribution in [3.8, 4) is 11.5 Å². The number of nitrogens with zero attached hydrogens (tertiary/aromatic N) is 3. The van der Waals surface area contributed by atoms with Gasteiger partial charge in [-0.3, -0.25) is 9.59 Å². The normalized spacial score (nSPS) is 15.9. The topological polar surface area (TPSA) is 140 Å². The van der Waals surface area contributed by atoms with E-state index in [1.165, 1.54) is 11.1 Å². The van der Waals surface area contributed by atoms with Crippen LogP contribution in [0.1, 0.15) is 56.0 Å². The average molecular weight is 512 g/mol. The second-order valence-corrected chi connectivity index (χ2v) is 8.60. The molecule has 1 unspecified atom stereocenters. The van der Waals surface area contributed by atoms with E-state index in [0.717, 1.165) is 0 Å². The van der Waals surface area contributed by atoms with Gasteiger partial charge in [0, 0.05) is 32.0 Å². The van der Waals surface area contributed by atoms with Crippen molar-refractivity contribution in [1.82, 2.24) is 25.7 Å². The number of ether oxygens (including phenoxy) is 1. The van der Waals surface area contributed by atoms with E-state index in [0.29, 0.717) is 24.7 Å². The molecule has 2 aromatic heterocycles. The van der Waals surface area contributed by atoms with Crippen molar-refractivity contribution in [2.75, 3.05) is 26.3 Å². The number of morpholine rings is 1. The fourth-order valence-corrected chi connectivity index (χ4v) is 3.75. The number of nitrogens with one attached hydrogen (secondary N) is 2. The average Bonchev–Trinajstić information content (AvgIpc) is 3.51. The Bertz CT molecular complexity index is 1050. The zero-order valence-electron chi connectivity index (χ0n) is 20.5. The van der Waals surface area contributed by atoms with E-state index in [-0.39, 0.29) is 37.6 Å². The highest BCUT2D eigenvalue weighted by Crippen LogP contribution is 2.26. The molecular weight excluding hydrogens is 480 g/mol. The molecule has 3 amide bonds. The van der Waals surface area contributed by atoms with Crippen LogP contribution in [0.15, 0.2) is 21.2 Å². The number of urea groups is 1. The van der Waals surface area contributed by atoms with Gasteiger partial charge in [0.25, 0.3) is 11.8 Å². The van der Waals surface area contributed by atoms with Gasteiger partial charge in [0.05, 0.1) is 25.5 Å². The molecule has 2 atom stereocenters. The second kappa shape index (κ2) is 12.1. The maximum absolute atomic E-state index is 14.5. The number of rotatable bonds is 11. The molecule has 0 aliphatic carbocycles. The number of carbonyl (C=O) groups excluding carboxylic acids is 3. The van der Waals surface area contributed by atoms with Crippen molar-refractivity contribution in [2.45, 2.75) is 64.5 Å². The van der Waals surface area contributed by atoms with Crippen LogP contribution in [0.2, 0.25) is 0 Å². The monoisotopic (exact) mass is 511 g/mol. The van der Waals surface area contributed by atoms with Crippen LogP contribution in [-0.2, 0) is 9.53 Å². The maximum atomic E-state index is 14.5. The first-order valence-corrected chi connectivity index (χ1v) is 11.9. The predicted molar refractivity (Wildman–Crippen MR) is 122 cm³/mol. The lowest BCUT2D eigenvalue weighted by atomic mass is 10.0. The molecule has 0 radical (unpaired) electrons. The number of oxazole rings is 1. The first-order chi connectivity index (χ1) is 17.1. The van der Waals surface area contributed by atoms with Crippen LogP contribution in [0.5, 0.6) is 0 Å². The minimum absolute atomic E-state index is 0.140. The van der Waals surface area contributed by atoms with Gasteiger partial charge < -0.3 is 29.2 Å². The summed E-state index contributed by atoms with van der Waals surface area (Å²) in [4.78, 5) is 44.0. The molecule has 0 bridgehead atoms. The minimum Gasteiger partial charge on any atom is -0.432 e. The number of aromatic nitrogens is 2. The van der Waals surface area contributed by atoms with Crippen LogP contribution in [0, 0.1) is 6.92 Å². The van der Waals surface area contributed by atoms with Crippen molar-refractivity contribution in [3.05, 3.63) is 23.9 Å². The third-order valence-electron chi connectivity index (χ3n) is 5.67. The Labute approximate surface area is 206 Å². The number of amides is 3. The first-order valence-electron chi connectivity index (χ1n) is 11.9. The Morgan fingerprint density at radius 1 is 1.17 bits per heavy atom. The van der Waals surface area contributed by atoms with Crippen molar-refractivity contribution < 1.29 is 36.8 Å². The molecular formula is C23H31F2N5O6. The van der Waals surface area contributed by atoms with Crippen molar-refractivity contribution in [2.24, 2.45) is 0 Å². The first kappa shape index (κ1) is 27.2. The lowest BCUT2D eigenvalue weighted by molar-refractivity contribution is -0.126. The number of halogens is 2. The molecule has 2 N–H and O–H groups in total. The Kier molecular flexibility index (Phi) is 9.13. The molecule has 36 heavy (non-hydrogen) atoms. The highest BCUT2D eigenvalue weighted by molar-refractivity contribution is 5.99. The summed E-state index contributed by atoms with van der Waals surface area (Å²) in [6, 6.07) is -1.70. The minimum atomic E-state index is -3.19. The van der Waals surface area contributed by atoms with E-state index in [4.69, 9.17) is 13.7 Å². The van der Waals surface area contributed by atoms with Crippen LogP contribution < -0.4 is 10.6 Å². The van der Waals surface area contributed by atoms with Gasteiger partial charge in [-0.25, -0.2) is 18.6 Å². The molecule has 1 aliphatic rings. The van der Waals surface area contributed by atoms with Crippen LogP contribution >= 0.6 is 0 Å². The van der Waals surface area contributed by atoms with Gasteiger partial charge in [-0.15, -0.1) is 0 Å². The Balaban J connectivity index is 1.72. The summed E-state index contributed by atoms with van der Waals surface area (Å²) in [6.45, 7) is 6.12. The number of hydrogen-bond acceptors (Lipinski definition) is 8. The van der Waals surface area contributed by atoms with E-state index in [9.17, 15) is 23.2 Å². The van der Waals surface area contributed by atoms with Crippen LogP contribution in [0.3, 0.4) is 0 Å². The molecule has 11 nitrogen and oxygen atoms in total. The lowest BCUT2D eigenvalue weighted by Crippen LogP contribution is -2.56. The fourth-order valence-electron chi connectivity index (χ4n) is 3.75. The number of hydrogen-bond donors (Lipinski definition) is 2. The molecule has 0 saturated carbocycles. The molecule has 2 aromatic rings. The van der Waals surface area contributed by atoms with Gasteiger partial charge in [0.15, 0.2) is 11.5 Å². The van der Waals surface area contributed by atoms with Gasteiger partial charge in [0.1, 0.15) is 11.8 Å². The SMILES string of the molecule is CCCC(F)(F)CC(NC(=O)N1CCOCC1)C(=O)N[C@@H](CC)C(=O)c1ncc(-c2cc(C)on2)o1. The van der Waals surface area contributed by atoms with Crippen LogP contribution in [0.25, 0.3) is 11.5 Å². The Hall–Kier alpha value is -3.35. The van der Waals surface area contributed by atoms with Gasteiger partial charge in [-0.2, -0.15) is 0 Å². The smallest absolute Gasteiger partial charge is 0.318 e. The summed E-state index contributed by atoms with van der Waals surface area (Å²) in [5, 5.41) is 8.68. The summed E-state index contributed by atoms with van der Waals surface area (Å²) >= 11 is 0. The summed E-state index contributed by atoms with van der Waals surface area (Å²) in [7, 11) is 0. The summed E-state index contributed by atoms with van der Waals surface area (Å²) in [6.07, 6.45) is 0.298. The number of aryl methyl sites for hydroxylation is 1. The Morgan fingerprint density at radius 3 is 2.50 bits per heavy atom. The predicted octanol–water partition coefficient (Wildman–Crippen LogP) is 2.95. The number of ketones is 1. The van der Waals surface area contributed by atoms with Gasteiger partial charge >= 0.3 is 6.03 Å². The summed E-state index contributed by atoms with van der Waals surface area (Å²) < 4.78 is 44.6. The molecule has 0 spiro atoms. The van der Waals surface area contributed by atoms with Crippen LogP contribution in [0.4, 0.5) is 13.6 Å². The van der Waals surface area contributed by atoms with E-state index in [1.807, 2.05) is 0 Å². The molecule has 1 saturated heterocycles. The van der Waals surface area contributed by atoms with Gasteiger partial charge in [0.2, 0.25) is 11.7 Å². The largest absolute Gasteiger partial charge is 0.432 e. The summed E-state index contributed by atoms with van der Waals surface area (Å²) in [5.74, 6) is -4.26. The quantitative estimate of drug-likeness (QED) is 0.439. The number of alkyl halides is 2. The van der Waals surface area contributed by atoms with E-state index in [1.54, 1.807) is 26.8 Å². The van der Waals surface area contributed by atoms with Gasteiger partial charge in [-0.1, -0.05) is 25.4 Å². The third-order valence-corrected chi connectivity index (χ3v) is 5.67. The molecule has 3 heterocycles. The second-order valence-electron chi connectivity index (χ2n) is 8.60. The zero-order valence-corrected chi connectivity index (χ0v) is 20.5. The number of carbonyl (C=O) groups is 3. The maximum Gasteiger partial charge on any atom is 0.318 e. The van der Waals surface area contributed by atoms with Crippen molar-refractivity contribution >= 4 is 17.7 Å². The highest BCUT2D eigenvalue weighted by atomic mass is 19.3. The number of Topliss-reactive ketones (excluding diaryl/α,β-unsaturated/α-hetero) is 1. The third kappa shape index (κ3) is 7.09. The molecule has 3 rings (SSSR count). The molecule has 198 valence electrons. The molecule has 1 aliphatic heterocycles. The highest BCUT2D eigenvalue weighted by Gasteiger charge is 2.38. The molecule has 13 heteroatoms. The van der Waals surface area contributed by atoms with Crippen LogP contribution in [-0.4, -0.2) is 77.1 Å². The lowest BCUT2D eigenvalue weighted by Gasteiger charge is -2.30. The Morgan fingerprint density at radius 2 is 1.89 bits per heavy atom. The fraction of sp³-hybridized carbons (Fsp3) is 0.609. The van der Waals surface area contributed by atoms with Crippen molar-refractivity contribution in [1.29, 1.82) is 0 Å². The summed E-state index contributed by atoms with van der Waals surface area (Å²) in [5.41, 5.74) is 0.347. The zero-order chi connectivity index (χ0) is 26.3. The van der Waals surface area contributed by atoms with E-state index >= 15 is 0 Å². The van der Waals surface area contributed by atoms with E-state index < -0.39 is 48.6 Å². The van der Waals surface area contributed by atoms with E-state index in [2.05, 4.69) is 20.8 Å².